The van der Waals surface area contributed by atoms with Crippen molar-refractivity contribution in [3.63, 3.8) is 0 Å². The number of rotatable bonds is 9. The molecular formula is C23H27NO8S. The Balaban J connectivity index is 1.65. The zero-order valence-electron chi connectivity index (χ0n) is 18.7. The summed E-state index contributed by atoms with van der Waals surface area (Å²) in [6, 6.07) is 9.33. The summed E-state index contributed by atoms with van der Waals surface area (Å²) in [7, 11) is -2.53. The van der Waals surface area contributed by atoms with Crippen molar-refractivity contribution in [1.82, 2.24) is 4.72 Å². The van der Waals surface area contributed by atoms with Crippen molar-refractivity contribution in [2.45, 2.75) is 31.2 Å². The Morgan fingerprint density at radius 1 is 1.03 bits per heavy atom. The molecule has 0 fully saturated rings. The highest BCUT2D eigenvalue weighted by atomic mass is 32.2. The van der Waals surface area contributed by atoms with Crippen LogP contribution in [0.4, 0.5) is 0 Å². The van der Waals surface area contributed by atoms with Crippen molar-refractivity contribution in [2.75, 3.05) is 26.9 Å². The van der Waals surface area contributed by atoms with Crippen LogP contribution >= 0.6 is 0 Å². The zero-order chi connectivity index (χ0) is 24.0. The van der Waals surface area contributed by atoms with Gasteiger partial charge in [0.1, 0.15) is 11.8 Å². The fraction of sp³-hybridized carbons (Fsp3) is 0.391. The van der Waals surface area contributed by atoms with Gasteiger partial charge >= 0.3 is 5.97 Å². The lowest BCUT2D eigenvalue weighted by molar-refractivity contribution is -0.145. The number of esters is 1. The highest BCUT2D eigenvalue weighted by molar-refractivity contribution is 7.89. The van der Waals surface area contributed by atoms with Gasteiger partial charge in [-0.05, 0) is 48.4 Å². The first-order chi connectivity index (χ1) is 15.7. The van der Waals surface area contributed by atoms with Crippen LogP contribution in [0.5, 0.6) is 17.2 Å². The van der Waals surface area contributed by atoms with Gasteiger partial charge < -0.3 is 18.9 Å². The van der Waals surface area contributed by atoms with Gasteiger partial charge in [0.25, 0.3) is 0 Å². The number of methoxy groups -OCH3 is 1. The highest BCUT2D eigenvalue weighted by Gasteiger charge is 2.30. The van der Waals surface area contributed by atoms with E-state index in [4.69, 9.17) is 18.9 Å². The number of Topliss-reactive ketones (excluding diaryl/α,β-unsaturated/α-hetero) is 1. The van der Waals surface area contributed by atoms with Crippen LogP contribution in [0.1, 0.15) is 30.6 Å². The minimum atomic E-state index is -4.00. The van der Waals surface area contributed by atoms with Gasteiger partial charge in [0, 0.05) is 12.0 Å². The fourth-order valence-corrected chi connectivity index (χ4v) is 4.43. The molecule has 1 heterocycles. The smallest absolute Gasteiger partial charge is 0.324 e. The Labute approximate surface area is 193 Å². The summed E-state index contributed by atoms with van der Waals surface area (Å²) >= 11 is 0. The summed E-state index contributed by atoms with van der Waals surface area (Å²) in [6.07, 6.45) is 0.735. The van der Waals surface area contributed by atoms with Crippen LogP contribution in [0.3, 0.4) is 0 Å². The van der Waals surface area contributed by atoms with Gasteiger partial charge in [-0.1, -0.05) is 13.8 Å². The Morgan fingerprint density at radius 2 is 1.70 bits per heavy atom. The summed E-state index contributed by atoms with van der Waals surface area (Å²) in [4.78, 5) is 25.2. The van der Waals surface area contributed by atoms with E-state index in [0.29, 0.717) is 36.0 Å². The maximum absolute atomic E-state index is 12.7. The van der Waals surface area contributed by atoms with Crippen LogP contribution in [0.2, 0.25) is 0 Å². The molecule has 33 heavy (non-hydrogen) atoms. The second-order valence-electron chi connectivity index (χ2n) is 7.76. The molecule has 0 saturated carbocycles. The lowest BCUT2D eigenvalue weighted by Crippen LogP contribution is -2.45. The lowest BCUT2D eigenvalue weighted by atomic mass is 10.1. The molecule has 1 aliphatic heterocycles. The van der Waals surface area contributed by atoms with E-state index in [9.17, 15) is 18.0 Å². The highest BCUT2D eigenvalue weighted by Crippen LogP contribution is 2.30. The molecule has 10 heteroatoms. The number of benzene rings is 2. The maximum Gasteiger partial charge on any atom is 0.324 e. The molecule has 1 aliphatic rings. The van der Waals surface area contributed by atoms with Crippen molar-refractivity contribution in [3.05, 3.63) is 48.0 Å². The first-order valence-corrected chi connectivity index (χ1v) is 12.0. The molecule has 0 aliphatic carbocycles. The number of ether oxygens (including phenoxy) is 4. The van der Waals surface area contributed by atoms with E-state index in [2.05, 4.69) is 4.72 Å². The van der Waals surface area contributed by atoms with Crippen LogP contribution in [0.15, 0.2) is 47.4 Å². The number of carbonyl (C=O) groups excluding carboxylic acids is 2. The number of ketones is 1. The van der Waals surface area contributed by atoms with Gasteiger partial charge in [0.15, 0.2) is 23.9 Å². The Hall–Kier alpha value is -3.11. The third-order valence-electron chi connectivity index (χ3n) is 4.99. The Kier molecular flexibility index (Phi) is 7.93. The minimum absolute atomic E-state index is 0.0231. The van der Waals surface area contributed by atoms with E-state index in [1.165, 1.54) is 31.4 Å². The fourth-order valence-electron chi connectivity index (χ4n) is 3.09. The standard InChI is InChI=1S/C23H27NO8S/c1-15(2)22(24-33(27,28)18-8-6-17(29-3)7-9-18)23(26)32-14-19(25)16-5-10-20-21(13-16)31-12-4-11-30-20/h5-10,13,15,22,24H,4,11-12,14H2,1-3H3/t22-/m0/s1. The Bertz CT molecular complexity index is 1100. The molecule has 2 aromatic carbocycles. The van der Waals surface area contributed by atoms with Crippen molar-refractivity contribution in [3.8, 4) is 17.2 Å². The van der Waals surface area contributed by atoms with Crippen molar-refractivity contribution in [1.29, 1.82) is 0 Å². The molecule has 0 amide bonds. The number of carbonyl (C=O) groups is 2. The summed E-state index contributed by atoms with van der Waals surface area (Å²) in [5.74, 6) is -0.198. The average molecular weight is 478 g/mol. The molecule has 0 radical (unpaired) electrons. The molecule has 2 aromatic rings. The van der Waals surface area contributed by atoms with E-state index >= 15 is 0 Å². The molecule has 178 valence electrons. The predicted molar refractivity (Wildman–Crippen MR) is 119 cm³/mol. The number of sulfonamides is 1. The monoisotopic (exact) mass is 477 g/mol. The van der Waals surface area contributed by atoms with E-state index in [0.717, 1.165) is 6.42 Å². The third-order valence-corrected chi connectivity index (χ3v) is 6.44. The van der Waals surface area contributed by atoms with E-state index in [1.54, 1.807) is 32.0 Å². The van der Waals surface area contributed by atoms with Crippen LogP contribution in [-0.4, -0.2) is 53.1 Å². The third kappa shape index (κ3) is 6.23. The number of hydrogen-bond acceptors (Lipinski definition) is 8. The van der Waals surface area contributed by atoms with Crippen molar-refractivity contribution < 1.29 is 37.0 Å². The molecule has 0 spiro atoms. The average Bonchev–Trinajstić information content (AvgIpc) is 3.05. The van der Waals surface area contributed by atoms with E-state index in [1.807, 2.05) is 0 Å². The first kappa shape index (κ1) is 24.5. The van der Waals surface area contributed by atoms with Crippen molar-refractivity contribution >= 4 is 21.8 Å². The molecule has 9 nitrogen and oxygen atoms in total. The molecule has 0 aromatic heterocycles. The van der Waals surface area contributed by atoms with Gasteiger partial charge in [-0.25, -0.2) is 8.42 Å². The van der Waals surface area contributed by atoms with Crippen LogP contribution in [0.25, 0.3) is 0 Å². The van der Waals surface area contributed by atoms with Gasteiger partial charge in [-0.15, -0.1) is 0 Å². The topological polar surface area (TPSA) is 117 Å². The molecule has 1 N–H and O–H groups in total. The second-order valence-corrected chi connectivity index (χ2v) is 9.48. The molecule has 3 rings (SSSR count). The summed E-state index contributed by atoms with van der Waals surface area (Å²) in [5, 5.41) is 0. The van der Waals surface area contributed by atoms with Gasteiger partial charge in [-0.2, -0.15) is 4.72 Å². The molecule has 1 atom stereocenters. The van der Waals surface area contributed by atoms with Gasteiger partial charge in [0.2, 0.25) is 10.0 Å². The molecule has 0 unspecified atom stereocenters. The van der Waals surface area contributed by atoms with E-state index in [-0.39, 0.29) is 4.90 Å². The minimum Gasteiger partial charge on any atom is -0.497 e. The Morgan fingerprint density at radius 3 is 2.33 bits per heavy atom. The predicted octanol–water partition coefficient (Wildman–Crippen LogP) is 2.59. The summed E-state index contributed by atoms with van der Waals surface area (Å²) < 4.78 is 49.1. The number of nitrogens with one attached hydrogen (secondary N) is 1. The molecule has 0 saturated heterocycles. The number of hydrogen-bond donors (Lipinski definition) is 1. The normalized spacial score (nSPS) is 14.3. The summed E-state index contributed by atoms with van der Waals surface area (Å²) in [6.45, 7) is 3.82. The molecular weight excluding hydrogens is 450 g/mol. The zero-order valence-corrected chi connectivity index (χ0v) is 19.5. The van der Waals surface area contributed by atoms with Crippen LogP contribution < -0.4 is 18.9 Å². The molecule has 0 bridgehead atoms. The largest absolute Gasteiger partial charge is 0.497 e. The summed E-state index contributed by atoms with van der Waals surface area (Å²) in [5.41, 5.74) is 0.298. The quantitative estimate of drug-likeness (QED) is 0.433. The van der Waals surface area contributed by atoms with Gasteiger partial charge in [-0.3, -0.25) is 9.59 Å². The van der Waals surface area contributed by atoms with Crippen LogP contribution in [0, 0.1) is 5.92 Å². The maximum atomic E-state index is 12.7. The SMILES string of the molecule is COc1ccc(S(=O)(=O)N[C@H](C(=O)OCC(=O)c2ccc3c(c2)OCCCO3)C(C)C)cc1. The van der Waals surface area contributed by atoms with Crippen molar-refractivity contribution in [2.24, 2.45) is 5.92 Å². The van der Waals surface area contributed by atoms with Gasteiger partial charge in [0.05, 0.1) is 25.2 Å². The second kappa shape index (κ2) is 10.7. The number of fused-ring (bicyclic) bond motifs is 1. The van der Waals surface area contributed by atoms with Crippen LogP contribution in [-0.2, 0) is 19.6 Å². The first-order valence-electron chi connectivity index (χ1n) is 10.5. The lowest BCUT2D eigenvalue weighted by Gasteiger charge is -2.20. The van der Waals surface area contributed by atoms with E-state index < -0.39 is 40.3 Å².